The van der Waals surface area contributed by atoms with Gasteiger partial charge in [0.1, 0.15) is 17.6 Å². The zero-order valence-electron chi connectivity index (χ0n) is 20.7. The van der Waals surface area contributed by atoms with Crippen LogP contribution in [0.1, 0.15) is 72.9 Å². The van der Waals surface area contributed by atoms with E-state index < -0.39 is 12.0 Å². The number of pyridine rings is 1. The molecule has 0 spiro atoms. The monoisotopic (exact) mass is 479 g/mol. The second-order valence-corrected chi connectivity index (χ2v) is 10.1. The summed E-state index contributed by atoms with van der Waals surface area (Å²) in [7, 11) is 1.67. The van der Waals surface area contributed by atoms with Gasteiger partial charge in [-0.15, -0.1) is 0 Å². The fourth-order valence-corrected chi connectivity index (χ4v) is 5.56. The smallest absolute Gasteiger partial charge is 0.325 e. The van der Waals surface area contributed by atoms with E-state index in [1.807, 2.05) is 18.2 Å². The van der Waals surface area contributed by atoms with Crippen LogP contribution < -0.4 is 10.1 Å². The highest BCUT2D eigenvalue weighted by molar-refractivity contribution is 5.77. The third-order valence-corrected chi connectivity index (χ3v) is 7.51. The molecule has 3 heterocycles. The molecule has 188 valence electrons. The van der Waals surface area contributed by atoms with Crippen molar-refractivity contribution in [2.24, 2.45) is 0 Å². The fraction of sp³-hybridized carbons (Fsp3) is 0.571. The first-order chi connectivity index (χ1) is 17.1. The van der Waals surface area contributed by atoms with E-state index in [1.165, 1.54) is 12.0 Å². The summed E-state index contributed by atoms with van der Waals surface area (Å²) in [6, 6.07) is 9.53. The van der Waals surface area contributed by atoms with Crippen LogP contribution in [0.3, 0.4) is 0 Å². The van der Waals surface area contributed by atoms with Crippen molar-refractivity contribution < 1.29 is 19.4 Å². The van der Waals surface area contributed by atoms with Gasteiger partial charge in [0, 0.05) is 37.5 Å². The summed E-state index contributed by atoms with van der Waals surface area (Å²) >= 11 is 0. The first-order valence-electron chi connectivity index (χ1n) is 13.1. The van der Waals surface area contributed by atoms with E-state index in [4.69, 9.17) is 14.5 Å². The Morgan fingerprint density at radius 3 is 2.91 bits per heavy atom. The summed E-state index contributed by atoms with van der Waals surface area (Å²) < 4.78 is 11.8. The Kier molecular flexibility index (Phi) is 7.54. The number of carboxylic acid groups (broad SMARTS) is 1. The molecule has 3 aliphatic rings. The summed E-state index contributed by atoms with van der Waals surface area (Å²) in [5.74, 6) is 1.49. The van der Waals surface area contributed by atoms with Gasteiger partial charge in [-0.05, 0) is 80.5 Å². The average Bonchev–Trinajstić information content (AvgIpc) is 3.61. The maximum Gasteiger partial charge on any atom is 0.325 e. The number of carboxylic acids is 1. The van der Waals surface area contributed by atoms with Gasteiger partial charge in [0.25, 0.3) is 0 Å². The van der Waals surface area contributed by atoms with Crippen molar-refractivity contribution >= 4 is 11.8 Å². The first kappa shape index (κ1) is 24.1. The summed E-state index contributed by atoms with van der Waals surface area (Å²) in [5, 5.41) is 13.6. The third-order valence-electron chi connectivity index (χ3n) is 7.51. The number of rotatable bonds is 11. The van der Waals surface area contributed by atoms with Crippen LogP contribution in [-0.4, -0.2) is 60.4 Å². The molecular formula is C28H37N3O4. The van der Waals surface area contributed by atoms with Crippen molar-refractivity contribution in [3.05, 3.63) is 52.7 Å². The second kappa shape index (κ2) is 11.0. The second-order valence-electron chi connectivity index (χ2n) is 10.1. The van der Waals surface area contributed by atoms with Gasteiger partial charge < -0.3 is 19.9 Å². The number of nitrogens with zero attached hydrogens (tertiary/aromatic N) is 2. The minimum Gasteiger partial charge on any atom is -0.496 e. The Balaban J connectivity index is 1.12. The first-order valence-corrected chi connectivity index (χ1v) is 13.1. The molecule has 7 heteroatoms. The number of nitrogens with one attached hydrogen (secondary N) is 1. The van der Waals surface area contributed by atoms with Crippen LogP contribution in [0, 0.1) is 0 Å². The Morgan fingerprint density at radius 1 is 1.23 bits per heavy atom. The molecule has 2 fully saturated rings. The van der Waals surface area contributed by atoms with E-state index in [2.05, 4.69) is 22.3 Å². The van der Waals surface area contributed by atoms with Gasteiger partial charge in [0.2, 0.25) is 0 Å². The molecule has 1 saturated heterocycles. The molecule has 1 aromatic heterocycles. The number of anilines is 1. The van der Waals surface area contributed by atoms with Crippen LogP contribution in [0.25, 0.3) is 0 Å². The van der Waals surface area contributed by atoms with E-state index in [0.29, 0.717) is 19.1 Å². The molecule has 35 heavy (non-hydrogen) atoms. The minimum atomic E-state index is -0.798. The quantitative estimate of drug-likeness (QED) is 0.457. The number of likely N-dealkylation sites (tertiary alicyclic amines) is 1. The highest BCUT2D eigenvalue weighted by Crippen LogP contribution is 2.48. The van der Waals surface area contributed by atoms with Gasteiger partial charge in [-0.3, -0.25) is 9.69 Å². The summed E-state index contributed by atoms with van der Waals surface area (Å²) in [6.07, 6.45) is 8.41. The molecule has 0 bridgehead atoms. The highest BCUT2D eigenvalue weighted by atomic mass is 16.5. The summed E-state index contributed by atoms with van der Waals surface area (Å²) in [6.45, 7) is 3.09. The summed E-state index contributed by atoms with van der Waals surface area (Å²) in [5.41, 5.74) is 4.43. The number of methoxy groups -OCH3 is 1. The number of aliphatic carboxylic acids is 1. The van der Waals surface area contributed by atoms with Crippen molar-refractivity contribution in [2.45, 2.75) is 69.4 Å². The predicted octanol–water partition coefficient (Wildman–Crippen LogP) is 4.57. The van der Waals surface area contributed by atoms with Crippen molar-refractivity contribution in [3.63, 3.8) is 0 Å². The van der Waals surface area contributed by atoms with Crippen molar-refractivity contribution in [1.29, 1.82) is 0 Å². The molecular weight excluding hydrogens is 442 g/mol. The number of carbonyl (C=O) groups is 1. The van der Waals surface area contributed by atoms with Crippen molar-refractivity contribution in [3.8, 4) is 5.75 Å². The van der Waals surface area contributed by atoms with Crippen LogP contribution in [0.5, 0.6) is 5.75 Å². The molecule has 0 radical (unpaired) electrons. The molecule has 0 amide bonds. The van der Waals surface area contributed by atoms with Crippen LogP contribution in [0.15, 0.2) is 30.3 Å². The highest BCUT2D eigenvalue weighted by Gasteiger charge is 2.39. The molecule has 2 aliphatic heterocycles. The largest absolute Gasteiger partial charge is 0.496 e. The molecule has 2 aromatic rings. The van der Waals surface area contributed by atoms with Crippen LogP contribution in [0.4, 0.5) is 5.82 Å². The average molecular weight is 480 g/mol. The molecule has 2 unspecified atom stereocenters. The van der Waals surface area contributed by atoms with E-state index in [9.17, 15) is 9.90 Å². The van der Waals surface area contributed by atoms with Crippen molar-refractivity contribution in [1.82, 2.24) is 9.88 Å². The Labute approximate surface area is 207 Å². The number of ether oxygens (including phenoxy) is 2. The Hall–Kier alpha value is -2.64. The zero-order chi connectivity index (χ0) is 24.2. The van der Waals surface area contributed by atoms with Gasteiger partial charge in [-0.1, -0.05) is 18.2 Å². The van der Waals surface area contributed by atoms with E-state index in [-0.39, 0.29) is 6.10 Å². The van der Waals surface area contributed by atoms with Gasteiger partial charge in [-0.2, -0.15) is 0 Å². The Morgan fingerprint density at radius 2 is 2.11 bits per heavy atom. The fourth-order valence-electron chi connectivity index (χ4n) is 5.56. The van der Waals surface area contributed by atoms with E-state index in [1.54, 1.807) is 7.11 Å². The molecule has 2 atom stereocenters. The Bertz CT molecular complexity index is 1040. The van der Waals surface area contributed by atoms with Crippen LogP contribution in [0.2, 0.25) is 0 Å². The van der Waals surface area contributed by atoms with Gasteiger partial charge in [-0.25, -0.2) is 4.98 Å². The normalized spacial score (nSPS) is 20.8. The number of hydrogen-bond donors (Lipinski definition) is 2. The summed E-state index contributed by atoms with van der Waals surface area (Å²) in [4.78, 5) is 19.2. The predicted molar refractivity (Wildman–Crippen MR) is 135 cm³/mol. The molecule has 5 rings (SSSR count). The number of aromatic nitrogens is 1. The minimum absolute atomic E-state index is 0.0814. The SMILES string of the molecule is COc1cccc(C(C(=O)O)N2CCC(OCCCCc3ccc4c(n3)NCCC4)C2)c1C1CC1. The lowest BCUT2D eigenvalue weighted by Crippen LogP contribution is -2.34. The van der Waals surface area contributed by atoms with Crippen LogP contribution >= 0.6 is 0 Å². The molecule has 7 nitrogen and oxygen atoms in total. The lowest BCUT2D eigenvalue weighted by molar-refractivity contribution is -0.143. The van der Waals surface area contributed by atoms with Crippen LogP contribution in [-0.2, 0) is 22.4 Å². The molecule has 1 aromatic carbocycles. The topological polar surface area (TPSA) is 83.9 Å². The van der Waals surface area contributed by atoms with E-state index >= 15 is 0 Å². The number of unbranched alkanes of at least 4 members (excludes halogenated alkanes) is 1. The maximum atomic E-state index is 12.4. The standard InChI is InChI=1S/C28H37N3O4/c1-34-24-9-4-8-23(25(24)19-10-11-19)26(28(32)33)31-16-14-22(18-31)35-17-3-2-7-21-13-12-20-6-5-15-29-27(20)30-21/h4,8-9,12-13,19,22,26H,2-3,5-7,10-11,14-18H2,1H3,(H,29,30)(H,32,33). The maximum absolute atomic E-state index is 12.4. The van der Waals surface area contributed by atoms with Gasteiger partial charge in [0.05, 0.1) is 13.2 Å². The number of fused-ring (bicyclic) bond motifs is 1. The third kappa shape index (κ3) is 5.62. The van der Waals surface area contributed by atoms with Gasteiger partial charge in [0.15, 0.2) is 0 Å². The lowest BCUT2D eigenvalue weighted by Gasteiger charge is -2.27. The number of aryl methyl sites for hydroxylation is 2. The lowest BCUT2D eigenvalue weighted by atomic mass is 9.95. The van der Waals surface area contributed by atoms with E-state index in [0.717, 1.165) is 86.4 Å². The zero-order valence-corrected chi connectivity index (χ0v) is 20.7. The molecule has 2 N–H and O–H groups in total. The number of hydrogen-bond acceptors (Lipinski definition) is 6. The molecule has 1 saturated carbocycles. The molecule has 1 aliphatic carbocycles. The van der Waals surface area contributed by atoms with Crippen molar-refractivity contribution in [2.75, 3.05) is 38.7 Å². The number of benzene rings is 1. The van der Waals surface area contributed by atoms with Gasteiger partial charge >= 0.3 is 5.97 Å².